The molecule has 0 radical (unpaired) electrons. The van der Waals surface area contributed by atoms with Gasteiger partial charge in [0.15, 0.2) is 0 Å². The number of aliphatic hydroxyl groups is 1. The molecule has 0 aromatic heterocycles. The molecule has 0 fully saturated rings. The molecule has 3 atom stereocenters. The molecule has 2 rings (SSSR count). The minimum Gasteiger partial charge on any atom is -0.394 e. The Labute approximate surface area is 164 Å². The molecule has 0 aliphatic carbocycles. The summed E-state index contributed by atoms with van der Waals surface area (Å²) in [6, 6.07) is 20.4. The zero-order valence-corrected chi connectivity index (χ0v) is 16.6. The molecule has 3 heteroatoms. The second kappa shape index (κ2) is 11.7. The van der Waals surface area contributed by atoms with Gasteiger partial charge in [-0.2, -0.15) is 0 Å². The first-order valence-electron chi connectivity index (χ1n) is 9.80. The Bertz CT molecular complexity index is 642. The van der Waals surface area contributed by atoms with Crippen molar-refractivity contribution in [3.63, 3.8) is 0 Å². The van der Waals surface area contributed by atoms with Crippen molar-refractivity contribution in [3.05, 3.63) is 84.4 Å². The van der Waals surface area contributed by atoms with Gasteiger partial charge in [-0.3, -0.25) is 0 Å². The van der Waals surface area contributed by atoms with Crippen LogP contribution in [0.25, 0.3) is 0 Å². The summed E-state index contributed by atoms with van der Waals surface area (Å²) in [5.41, 5.74) is 2.27. The molecule has 2 aromatic carbocycles. The summed E-state index contributed by atoms with van der Waals surface area (Å²) in [5, 5.41) is 13.6. The first-order chi connectivity index (χ1) is 13.1. The molecule has 146 valence electrons. The van der Waals surface area contributed by atoms with E-state index < -0.39 is 0 Å². The molecule has 0 unspecified atom stereocenters. The maximum atomic E-state index is 9.92. The zero-order chi connectivity index (χ0) is 19.5. The maximum absolute atomic E-state index is 9.92. The van der Waals surface area contributed by atoms with Gasteiger partial charge in [-0.1, -0.05) is 80.6 Å². The van der Waals surface area contributed by atoms with Crippen molar-refractivity contribution >= 4 is 0 Å². The third kappa shape index (κ3) is 7.30. The summed E-state index contributed by atoms with van der Waals surface area (Å²) >= 11 is 0. The van der Waals surface area contributed by atoms with Crippen molar-refractivity contribution in [1.29, 1.82) is 0 Å². The predicted octanol–water partition coefficient (Wildman–Crippen LogP) is 4.74. The molecular formula is C24H33NO2. The maximum Gasteiger partial charge on any atom is 0.0717 e. The number of aliphatic hydroxyl groups excluding tert-OH is 1. The molecule has 2 N–H and O–H groups in total. The summed E-state index contributed by atoms with van der Waals surface area (Å²) in [6.07, 6.45) is 2.97. The fourth-order valence-corrected chi connectivity index (χ4v) is 3.31. The van der Waals surface area contributed by atoms with Gasteiger partial charge in [0.1, 0.15) is 0 Å². The lowest BCUT2D eigenvalue weighted by Gasteiger charge is -2.31. The Morgan fingerprint density at radius 2 is 1.67 bits per heavy atom. The number of hydrogen-bond donors (Lipinski definition) is 2. The average Bonchev–Trinajstić information content (AvgIpc) is 2.70. The minimum atomic E-state index is -0.0912. The van der Waals surface area contributed by atoms with Crippen LogP contribution in [-0.4, -0.2) is 24.4 Å². The van der Waals surface area contributed by atoms with Gasteiger partial charge in [0.25, 0.3) is 0 Å². The van der Waals surface area contributed by atoms with Crippen molar-refractivity contribution in [1.82, 2.24) is 5.32 Å². The molecule has 0 spiro atoms. The van der Waals surface area contributed by atoms with Gasteiger partial charge in [0.05, 0.1) is 25.9 Å². The van der Waals surface area contributed by atoms with E-state index >= 15 is 0 Å². The predicted molar refractivity (Wildman–Crippen MR) is 112 cm³/mol. The second-order valence-electron chi connectivity index (χ2n) is 7.45. The van der Waals surface area contributed by atoms with Crippen molar-refractivity contribution < 1.29 is 9.84 Å². The summed E-state index contributed by atoms with van der Waals surface area (Å²) in [4.78, 5) is 0. The molecule has 0 saturated carbocycles. The van der Waals surface area contributed by atoms with E-state index in [1.165, 1.54) is 5.56 Å². The van der Waals surface area contributed by atoms with Crippen LogP contribution in [0.1, 0.15) is 37.4 Å². The highest BCUT2D eigenvalue weighted by atomic mass is 16.5. The highest BCUT2D eigenvalue weighted by Gasteiger charge is 2.24. The van der Waals surface area contributed by atoms with Crippen LogP contribution in [0, 0.1) is 11.8 Å². The van der Waals surface area contributed by atoms with Crippen molar-refractivity contribution in [3.8, 4) is 0 Å². The fraction of sp³-hybridized carbons (Fsp3) is 0.417. The van der Waals surface area contributed by atoms with Gasteiger partial charge in [0, 0.05) is 12.0 Å². The van der Waals surface area contributed by atoms with E-state index in [-0.39, 0.29) is 24.6 Å². The highest BCUT2D eigenvalue weighted by Crippen LogP contribution is 2.21. The average molecular weight is 368 g/mol. The highest BCUT2D eigenvalue weighted by molar-refractivity contribution is 5.19. The lowest BCUT2D eigenvalue weighted by atomic mass is 9.91. The quantitative estimate of drug-likeness (QED) is 0.532. The van der Waals surface area contributed by atoms with Gasteiger partial charge in [-0.15, -0.1) is 6.58 Å². The van der Waals surface area contributed by atoms with Gasteiger partial charge >= 0.3 is 0 Å². The van der Waals surface area contributed by atoms with Crippen LogP contribution in [0.5, 0.6) is 0 Å². The SMILES string of the molecule is C=C[C@H](COCc1ccccc1)[C@H](CC(C)C)N[C@@H](CO)c1ccccc1. The monoisotopic (exact) mass is 367 g/mol. The number of benzene rings is 2. The van der Waals surface area contributed by atoms with E-state index in [2.05, 4.69) is 50.0 Å². The van der Waals surface area contributed by atoms with E-state index in [0.29, 0.717) is 19.1 Å². The van der Waals surface area contributed by atoms with Gasteiger partial charge in [0.2, 0.25) is 0 Å². The Hall–Kier alpha value is -1.94. The summed E-state index contributed by atoms with van der Waals surface area (Å²) < 4.78 is 5.98. The van der Waals surface area contributed by atoms with Crippen LogP contribution in [0.4, 0.5) is 0 Å². The lowest BCUT2D eigenvalue weighted by Crippen LogP contribution is -2.42. The van der Waals surface area contributed by atoms with Crippen molar-refractivity contribution in [2.45, 2.75) is 39.0 Å². The van der Waals surface area contributed by atoms with Gasteiger partial charge in [-0.05, 0) is 23.5 Å². The van der Waals surface area contributed by atoms with E-state index in [1.54, 1.807) is 0 Å². The van der Waals surface area contributed by atoms with Crippen LogP contribution in [0.3, 0.4) is 0 Å². The number of nitrogens with one attached hydrogen (secondary N) is 1. The Balaban J connectivity index is 2.01. The molecule has 2 aromatic rings. The van der Waals surface area contributed by atoms with Crippen molar-refractivity contribution in [2.24, 2.45) is 11.8 Å². The molecule has 0 saturated heterocycles. The standard InChI is InChI=1S/C24H33NO2/c1-4-21(18-27-17-20-11-7-5-8-12-20)23(15-19(2)3)25-24(16-26)22-13-9-6-10-14-22/h4-14,19,21,23-26H,1,15-18H2,2-3H3/t21-,23+,24+/m1/s1. The molecule has 27 heavy (non-hydrogen) atoms. The largest absolute Gasteiger partial charge is 0.394 e. The van der Waals surface area contributed by atoms with Crippen LogP contribution in [0.15, 0.2) is 73.3 Å². The van der Waals surface area contributed by atoms with Gasteiger partial charge in [-0.25, -0.2) is 0 Å². The van der Waals surface area contributed by atoms with Crippen LogP contribution < -0.4 is 5.32 Å². The van der Waals surface area contributed by atoms with E-state index in [9.17, 15) is 5.11 Å². The molecule has 0 bridgehead atoms. The number of ether oxygens (including phenoxy) is 1. The second-order valence-corrected chi connectivity index (χ2v) is 7.45. The van der Waals surface area contributed by atoms with E-state index in [0.717, 1.165) is 12.0 Å². The Morgan fingerprint density at radius 1 is 1.04 bits per heavy atom. The molecule has 0 aliphatic heterocycles. The van der Waals surface area contributed by atoms with E-state index in [1.807, 2.05) is 42.5 Å². The van der Waals surface area contributed by atoms with Crippen LogP contribution >= 0.6 is 0 Å². The van der Waals surface area contributed by atoms with Crippen LogP contribution in [-0.2, 0) is 11.3 Å². The third-order valence-corrected chi connectivity index (χ3v) is 4.77. The van der Waals surface area contributed by atoms with E-state index in [4.69, 9.17) is 4.74 Å². The Kier molecular flexibility index (Phi) is 9.26. The molecule has 0 amide bonds. The molecule has 0 aliphatic rings. The fourth-order valence-electron chi connectivity index (χ4n) is 3.31. The molecular weight excluding hydrogens is 334 g/mol. The topological polar surface area (TPSA) is 41.5 Å². The molecule has 3 nitrogen and oxygen atoms in total. The van der Waals surface area contributed by atoms with Gasteiger partial charge < -0.3 is 15.2 Å². The summed E-state index contributed by atoms with van der Waals surface area (Å²) in [7, 11) is 0. The first-order valence-corrected chi connectivity index (χ1v) is 9.80. The normalized spacial score (nSPS) is 14.7. The number of hydrogen-bond acceptors (Lipinski definition) is 3. The zero-order valence-electron chi connectivity index (χ0n) is 16.6. The Morgan fingerprint density at radius 3 is 2.22 bits per heavy atom. The van der Waals surface area contributed by atoms with Crippen molar-refractivity contribution in [2.75, 3.05) is 13.2 Å². The number of rotatable bonds is 12. The molecule has 0 heterocycles. The lowest BCUT2D eigenvalue weighted by molar-refractivity contribution is 0.0808. The first kappa shape index (κ1) is 21.4. The van der Waals surface area contributed by atoms with Crippen LogP contribution in [0.2, 0.25) is 0 Å². The summed E-state index contributed by atoms with van der Waals surface area (Å²) in [5.74, 6) is 0.711. The summed E-state index contributed by atoms with van der Waals surface area (Å²) in [6.45, 7) is 9.74. The minimum absolute atomic E-state index is 0.0628. The smallest absolute Gasteiger partial charge is 0.0717 e. The third-order valence-electron chi connectivity index (χ3n) is 4.77.